The molecule has 94 valence electrons. The third-order valence-corrected chi connectivity index (χ3v) is 2.52. The molecule has 0 bridgehead atoms. The molecular formula is C11H12ClF2NO2. The van der Waals surface area contributed by atoms with E-state index in [0.29, 0.717) is 0 Å². The lowest BCUT2D eigenvalue weighted by Crippen LogP contribution is -2.20. The van der Waals surface area contributed by atoms with Crippen molar-refractivity contribution in [3.8, 4) is 0 Å². The largest absolute Gasteiger partial charge is 0.380 e. The second-order valence-corrected chi connectivity index (χ2v) is 3.81. The molecule has 0 aliphatic carbocycles. The van der Waals surface area contributed by atoms with E-state index in [1.54, 1.807) is 0 Å². The molecule has 0 spiro atoms. The van der Waals surface area contributed by atoms with Gasteiger partial charge in [0.05, 0.1) is 18.7 Å². The van der Waals surface area contributed by atoms with E-state index in [2.05, 4.69) is 5.32 Å². The summed E-state index contributed by atoms with van der Waals surface area (Å²) in [5.74, 6) is -2.89. The minimum atomic E-state index is -1.19. The summed E-state index contributed by atoms with van der Waals surface area (Å²) in [6.45, 7) is -0.238. The highest BCUT2D eigenvalue weighted by Crippen LogP contribution is 2.25. The lowest BCUT2D eigenvalue weighted by molar-refractivity contribution is 0.0988. The van der Waals surface area contributed by atoms with Gasteiger partial charge in [0, 0.05) is 17.7 Å². The van der Waals surface area contributed by atoms with Crippen LogP contribution in [0.2, 0.25) is 5.02 Å². The van der Waals surface area contributed by atoms with Crippen LogP contribution in [0.25, 0.3) is 0 Å². The summed E-state index contributed by atoms with van der Waals surface area (Å²) in [6, 6.07) is 1.12. The number of halogens is 3. The number of hydrogen-bond donors (Lipinski definition) is 1. The minimum absolute atomic E-state index is 0.0230. The van der Waals surface area contributed by atoms with E-state index >= 15 is 0 Å². The highest BCUT2D eigenvalue weighted by atomic mass is 35.5. The zero-order valence-corrected chi connectivity index (χ0v) is 10.2. The maximum atomic E-state index is 13.6. The Morgan fingerprint density at radius 2 is 2.12 bits per heavy atom. The Bertz CT molecular complexity index is 438. The third kappa shape index (κ3) is 3.00. The van der Waals surface area contributed by atoms with E-state index < -0.39 is 17.4 Å². The number of carbonyl (C=O) groups excluding carboxylic acids is 1. The average Bonchev–Trinajstić information content (AvgIpc) is 2.29. The van der Waals surface area contributed by atoms with Crippen molar-refractivity contribution in [3.63, 3.8) is 0 Å². The van der Waals surface area contributed by atoms with Gasteiger partial charge in [-0.05, 0) is 13.1 Å². The summed E-state index contributed by atoms with van der Waals surface area (Å²) in [4.78, 5) is 11.5. The zero-order chi connectivity index (χ0) is 13.0. The quantitative estimate of drug-likeness (QED) is 0.654. The predicted octanol–water partition coefficient (Wildman–Crippen LogP) is 2.17. The molecule has 0 atom stereocenters. The number of Topliss-reactive ketones (excluding diaryl/α,β-unsaturated/α-hetero) is 1. The monoisotopic (exact) mass is 263 g/mol. The van der Waals surface area contributed by atoms with Crippen LogP contribution in [0.15, 0.2) is 6.07 Å². The standard InChI is InChI=1S/C11H12ClF2NO2/c1-15-4-9(16)6-3-8(12)7(5-17-2)11(14)10(6)13/h3,15H,4-5H2,1-2H3. The lowest BCUT2D eigenvalue weighted by Gasteiger charge is -2.09. The van der Waals surface area contributed by atoms with Crippen LogP contribution in [0, 0.1) is 11.6 Å². The average molecular weight is 264 g/mol. The molecule has 0 aliphatic heterocycles. The van der Waals surface area contributed by atoms with Crippen molar-refractivity contribution in [2.24, 2.45) is 0 Å². The molecule has 0 saturated carbocycles. The summed E-state index contributed by atoms with van der Waals surface area (Å²) in [5, 5.41) is 2.54. The molecule has 0 radical (unpaired) electrons. The first-order valence-corrected chi connectivity index (χ1v) is 5.23. The van der Waals surface area contributed by atoms with E-state index in [1.165, 1.54) is 14.2 Å². The summed E-state index contributed by atoms with van der Waals surface area (Å²) in [7, 11) is 2.88. The highest BCUT2D eigenvalue weighted by Gasteiger charge is 2.21. The van der Waals surface area contributed by atoms with Crippen LogP contribution in [0.1, 0.15) is 15.9 Å². The molecule has 1 rings (SSSR count). The van der Waals surface area contributed by atoms with Gasteiger partial charge in [0.15, 0.2) is 17.4 Å². The van der Waals surface area contributed by atoms with Crippen LogP contribution in [0.5, 0.6) is 0 Å². The number of hydrogen-bond acceptors (Lipinski definition) is 3. The molecule has 0 heterocycles. The summed E-state index contributed by atoms with van der Waals surface area (Å²) in [5.41, 5.74) is -0.450. The SMILES string of the molecule is CNCC(=O)c1cc(Cl)c(COC)c(F)c1F. The van der Waals surface area contributed by atoms with Gasteiger partial charge in [-0.2, -0.15) is 0 Å². The Morgan fingerprint density at radius 1 is 1.47 bits per heavy atom. The van der Waals surface area contributed by atoms with Gasteiger partial charge in [0.25, 0.3) is 0 Å². The Morgan fingerprint density at radius 3 is 2.65 bits per heavy atom. The lowest BCUT2D eigenvalue weighted by atomic mass is 10.1. The fourth-order valence-electron chi connectivity index (χ4n) is 1.37. The molecular weight excluding hydrogens is 252 g/mol. The third-order valence-electron chi connectivity index (χ3n) is 2.18. The first-order valence-electron chi connectivity index (χ1n) is 4.86. The second kappa shape index (κ2) is 6.05. The van der Waals surface area contributed by atoms with Gasteiger partial charge in [-0.15, -0.1) is 0 Å². The van der Waals surface area contributed by atoms with Crippen molar-refractivity contribution in [1.29, 1.82) is 0 Å². The topological polar surface area (TPSA) is 38.3 Å². The van der Waals surface area contributed by atoms with E-state index in [9.17, 15) is 13.6 Å². The number of likely N-dealkylation sites (N-methyl/N-ethyl adjacent to an activating group) is 1. The first-order chi connectivity index (χ1) is 8.02. The van der Waals surface area contributed by atoms with E-state index in [-0.39, 0.29) is 29.3 Å². The second-order valence-electron chi connectivity index (χ2n) is 3.40. The molecule has 0 aromatic heterocycles. The van der Waals surface area contributed by atoms with Gasteiger partial charge in [-0.1, -0.05) is 11.6 Å². The van der Waals surface area contributed by atoms with Crippen LogP contribution < -0.4 is 5.32 Å². The van der Waals surface area contributed by atoms with Gasteiger partial charge in [0.1, 0.15) is 0 Å². The molecule has 0 amide bonds. The number of ether oxygens (including phenoxy) is 1. The molecule has 3 nitrogen and oxygen atoms in total. The van der Waals surface area contributed by atoms with Crippen LogP contribution in [-0.2, 0) is 11.3 Å². The maximum Gasteiger partial charge on any atom is 0.179 e. The van der Waals surface area contributed by atoms with Crippen molar-refractivity contribution >= 4 is 17.4 Å². The Labute approximate surface area is 103 Å². The Hall–Kier alpha value is -1.04. The number of ketones is 1. The van der Waals surface area contributed by atoms with E-state index in [4.69, 9.17) is 16.3 Å². The molecule has 0 saturated heterocycles. The van der Waals surface area contributed by atoms with Gasteiger partial charge in [0.2, 0.25) is 0 Å². The Kier molecular flexibility index (Phi) is 4.99. The van der Waals surface area contributed by atoms with Crippen LogP contribution in [-0.4, -0.2) is 26.5 Å². The highest BCUT2D eigenvalue weighted by molar-refractivity contribution is 6.31. The predicted molar refractivity (Wildman–Crippen MR) is 60.3 cm³/mol. The van der Waals surface area contributed by atoms with Crippen LogP contribution >= 0.6 is 11.6 Å². The smallest absolute Gasteiger partial charge is 0.179 e. The molecule has 6 heteroatoms. The fraction of sp³-hybridized carbons (Fsp3) is 0.364. The molecule has 0 unspecified atom stereocenters. The normalized spacial score (nSPS) is 10.6. The van der Waals surface area contributed by atoms with Crippen LogP contribution in [0.4, 0.5) is 8.78 Å². The van der Waals surface area contributed by atoms with E-state index in [0.717, 1.165) is 6.07 Å². The van der Waals surface area contributed by atoms with Gasteiger partial charge < -0.3 is 10.1 Å². The molecule has 0 fully saturated rings. The maximum absolute atomic E-state index is 13.6. The van der Waals surface area contributed by atoms with Gasteiger partial charge in [-0.3, -0.25) is 4.79 Å². The Balaban J connectivity index is 3.23. The van der Waals surface area contributed by atoms with Crippen molar-refractivity contribution in [2.45, 2.75) is 6.61 Å². The summed E-state index contributed by atoms with van der Waals surface area (Å²) < 4.78 is 31.9. The summed E-state index contributed by atoms with van der Waals surface area (Å²) in [6.07, 6.45) is 0. The molecule has 1 aromatic carbocycles. The fourth-order valence-corrected chi connectivity index (χ4v) is 1.61. The molecule has 17 heavy (non-hydrogen) atoms. The summed E-state index contributed by atoms with van der Waals surface area (Å²) >= 11 is 5.77. The number of rotatable bonds is 5. The number of nitrogens with one attached hydrogen (secondary N) is 1. The minimum Gasteiger partial charge on any atom is -0.380 e. The number of carbonyl (C=O) groups is 1. The van der Waals surface area contributed by atoms with Crippen molar-refractivity contribution in [1.82, 2.24) is 5.32 Å². The first kappa shape index (κ1) is 14.0. The molecule has 0 aliphatic rings. The van der Waals surface area contributed by atoms with Crippen molar-refractivity contribution in [3.05, 3.63) is 33.9 Å². The number of benzene rings is 1. The number of methoxy groups -OCH3 is 1. The van der Waals surface area contributed by atoms with Crippen molar-refractivity contribution in [2.75, 3.05) is 20.7 Å². The van der Waals surface area contributed by atoms with Crippen LogP contribution in [0.3, 0.4) is 0 Å². The van der Waals surface area contributed by atoms with Gasteiger partial charge in [-0.25, -0.2) is 8.78 Å². The van der Waals surface area contributed by atoms with Gasteiger partial charge >= 0.3 is 0 Å². The zero-order valence-electron chi connectivity index (χ0n) is 9.44. The van der Waals surface area contributed by atoms with E-state index in [1.807, 2.05) is 0 Å². The molecule has 1 aromatic rings. The van der Waals surface area contributed by atoms with Crippen molar-refractivity contribution < 1.29 is 18.3 Å². The molecule has 1 N–H and O–H groups in total.